The number of H-pyrrole nitrogens is 1. The Morgan fingerprint density at radius 1 is 1.50 bits per heavy atom. The molecule has 0 aromatic carbocycles. The number of hydrogen-bond acceptors (Lipinski definition) is 7. The number of hydrogen-bond donors (Lipinski definition) is 2. The van der Waals surface area contributed by atoms with Crippen molar-refractivity contribution in [3.63, 3.8) is 0 Å². The lowest BCUT2D eigenvalue weighted by Crippen LogP contribution is -2.38. The highest BCUT2D eigenvalue weighted by Gasteiger charge is 2.48. The summed E-state index contributed by atoms with van der Waals surface area (Å²) in [6.07, 6.45) is -0.801. The van der Waals surface area contributed by atoms with Crippen molar-refractivity contribution < 1.29 is 23.8 Å². The predicted octanol–water partition coefficient (Wildman–Crippen LogP) is 0.791. The van der Waals surface area contributed by atoms with Gasteiger partial charge in [-0.15, -0.1) is 0 Å². The molecule has 9 nitrogen and oxygen atoms in total. The molecule has 3 heterocycles. The van der Waals surface area contributed by atoms with E-state index in [0.717, 1.165) is 10.8 Å². The van der Waals surface area contributed by atoms with Crippen LogP contribution >= 0.6 is 22.6 Å². The number of esters is 1. The van der Waals surface area contributed by atoms with Crippen LogP contribution < -0.4 is 11.2 Å². The van der Waals surface area contributed by atoms with Crippen LogP contribution in [0.4, 0.5) is 4.39 Å². The fraction of sp³-hybridized carbons (Fsp3) is 0.294. The van der Waals surface area contributed by atoms with Gasteiger partial charge in [0.25, 0.3) is 5.56 Å². The lowest BCUT2D eigenvalue weighted by atomic mass is 10.1. The molecule has 2 aromatic rings. The van der Waals surface area contributed by atoms with Gasteiger partial charge in [0.2, 0.25) is 0 Å². The molecule has 0 unspecified atom stereocenters. The summed E-state index contributed by atoms with van der Waals surface area (Å²) in [5, 5.41) is 9.50. The molecule has 2 aromatic heterocycles. The van der Waals surface area contributed by atoms with E-state index >= 15 is 4.39 Å². The lowest BCUT2D eigenvalue weighted by molar-refractivity contribution is -0.0534. The van der Waals surface area contributed by atoms with Gasteiger partial charge in [0.1, 0.15) is 6.10 Å². The first kappa shape index (κ1) is 20.4. The molecule has 1 aliphatic heterocycles. The van der Waals surface area contributed by atoms with Crippen LogP contribution in [0, 0.1) is 0 Å². The third-order valence-corrected chi connectivity index (χ3v) is 4.46. The highest BCUT2D eigenvalue weighted by Crippen LogP contribution is 2.33. The Bertz CT molecular complexity index is 992. The number of carbonyl (C=O) groups excluding carboxylic acids is 1. The smallest absolute Gasteiger partial charge is 0.340 e. The van der Waals surface area contributed by atoms with Crippen LogP contribution in [0.5, 0.6) is 0 Å². The van der Waals surface area contributed by atoms with Crippen LogP contribution in [0.15, 0.2) is 44.4 Å². The average molecular weight is 503 g/mol. The van der Waals surface area contributed by atoms with Gasteiger partial charge in [0.15, 0.2) is 18.5 Å². The van der Waals surface area contributed by atoms with Gasteiger partial charge in [-0.25, -0.2) is 14.0 Å². The Labute approximate surface area is 171 Å². The number of aliphatic hydroxyl groups excluding tert-OH is 1. The van der Waals surface area contributed by atoms with E-state index in [1.54, 1.807) is 4.08 Å². The number of ether oxygens (including phenoxy) is 2. The van der Waals surface area contributed by atoms with Crippen molar-refractivity contribution in [1.29, 1.82) is 0 Å². The van der Waals surface area contributed by atoms with Crippen molar-refractivity contribution in [1.82, 2.24) is 14.5 Å². The number of aromatic nitrogens is 3. The maximum atomic E-state index is 15.0. The molecule has 0 aliphatic carbocycles. The number of alkyl halides is 1. The second-order valence-electron chi connectivity index (χ2n) is 5.85. The van der Waals surface area contributed by atoms with E-state index in [2.05, 4.69) is 9.97 Å². The molecule has 1 aliphatic rings. The summed E-state index contributed by atoms with van der Waals surface area (Å²) < 4.78 is 28.0. The summed E-state index contributed by atoms with van der Waals surface area (Å²) >= 11 is 1.89. The van der Waals surface area contributed by atoms with E-state index in [4.69, 9.17) is 9.47 Å². The minimum atomic E-state index is -1.96. The fourth-order valence-corrected chi connectivity index (χ4v) is 3.14. The largest absolute Gasteiger partial charge is 0.453 e. The number of nitrogens with zero attached hydrogens (tertiary/aromatic N) is 2. The average Bonchev–Trinajstić information content (AvgIpc) is 3.00. The monoisotopic (exact) mass is 503 g/mol. The minimum absolute atomic E-state index is 0.102. The van der Waals surface area contributed by atoms with E-state index in [-0.39, 0.29) is 11.1 Å². The van der Waals surface area contributed by atoms with Crippen LogP contribution in [-0.4, -0.2) is 50.6 Å². The van der Waals surface area contributed by atoms with Crippen LogP contribution in [0.2, 0.25) is 0 Å². The molecule has 11 heteroatoms. The van der Waals surface area contributed by atoms with Crippen molar-refractivity contribution in [2.75, 3.05) is 6.61 Å². The molecule has 4 atom stereocenters. The van der Waals surface area contributed by atoms with Gasteiger partial charge in [-0.1, -0.05) is 22.6 Å². The van der Waals surface area contributed by atoms with Crippen molar-refractivity contribution in [3.05, 3.63) is 66.8 Å². The van der Waals surface area contributed by atoms with E-state index in [1.807, 2.05) is 22.6 Å². The Hall–Kier alpha value is -2.38. The molecule has 28 heavy (non-hydrogen) atoms. The quantitative estimate of drug-likeness (QED) is 0.457. The molecule has 0 spiro atoms. The van der Waals surface area contributed by atoms with Gasteiger partial charge >= 0.3 is 11.7 Å². The van der Waals surface area contributed by atoms with Crippen LogP contribution in [0.1, 0.15) is 22.1 Å². The summed E-state index contributed by atoms with van der Waals surface area (Å²) in [6.45, 7) is -0.638. The van der Waals surface area contributed by atoms with E-state index < -0.39 is 48.4 Å². The van der Waals surface area contributed by atoms with Gasteiger partial charge in [0, 0.05) is 18.6 Å². The summed E-state index contributed by atoms with van der Waals surface area (Å²) in [5.74, 6) is -0.842. The summed E-state index contributed by atoms with van der Waals surface area (Å²) in [7, 11) is 0. The number of aliphatic hydroxyl groups is 1. The molecule has 2 N–H and O–H groups in total. The third kappa shape index (κ3) is 4.05. The molecule has 0 radical (unpaired) electrons. The summed E-state index contributed by atoms with van der Waals surface area (Å²) in [6, 6.07) is 2.96. The fourth-order valence-electron chi connectivity index (χ4n) is 2.76. The molecule has 148 valence electrons. The van der Waals surface area contributed by atoms with Gasteiger partial charge in [-0.2, -0.15) is 0 Å². The standard InChI is InChI=1S/C17H15FIN3O6/c18-12-13(28-16(25)9-2-1-5-20-6-9)11(8-23)27-15(12)22-7-10(3-4-19)14(24)21-17(22)26/h1-7,11-13,15,23H,8H2,(H,21,24,26)/b4-3+/t11-,12-,13-,15-/m1/s1. The number of rotatable bonds is 5. The van der Waals surface area contributed by atoms with Crippen molar-refractivity contribution in [2.24, 2.45) is 0 Å². The summed E-state index contributed by atoms with van der Waals surface area (Å²) in [4.78, 5) is 42.0. The second kappa shape index (κ2) is 8.75. The van der Waals surface area contributed by atoms with E-state index in [0.29, 0.717) is 0 Å². The maximum Gasteiger partial charge on any atom is 0.340 e. The zero-order valence-electron chi connectivity index (χ0n) is 14.2. The van der Waals surface area contributed by atoms with Gasteiger partial charge in [-0.3, -0.25) is 19.3 Å². The first-order valence-corrected chi connectivity index (χ1v) is 9.34. The first-order valence-electron chi connectivity index (χ1n) is 8.10. The molecular formula is C17H15FIN3O6. The predicted molar refractivity (Wildman–Crippen MR) is 104 cm³/mol. The molecule has 0 amide bonds. The van der Waals surface area contributed by atoms with Crippen LogP contribution in [0.3, 0.4) is 0 Å². The van der Waals surface area contributed by atoms with E-state index in [1.165, 1.54) is 30.6 Å². The zero-order chi connectivity index (χ0) is 20.3. The number of aromatic amines is 1. The van der Waals surface area contributed by atoms with Crippen LogP contribution in [0.25, 0.3) is 6.08 Å². The number of nitrogens with one attached hydrogen (secondary N) is 1. The number of carbonyl (C=O) groups is 1. The topological polar surface area (TPSA) is 124 Å². The lowest BCUT2D eigenvalue weighted by Gasteiger charge is -2.18. The molecule has 1 saturated heterocycles. The van der Waals surface area contributed by atoms with Gasteiger partial charge in [-0.05, 0) is 22.3 Å². The highest BCUT2D eigenvalue weighted by molar-refractivity contribution is 14.1. The van der Waals surface area contributed by atoms with Crippen molar-refractivity contribution >= 4 is 34.6 Å². The van der Waals surface area contributed by atoms with E-state index in [9.17, 15) is 19.5 Å². The SMILES string of the molecule is O=C(O[C@H]1[C@@H](F)[C@H](n2cc(/C=C/I)c(=O)[nH]c2=O)O[C@@H]1CO)c1cccnc1. The Morgan fingerprint density at radius 3 is 2.93 bits per heavy atom. The number of halogens is 2. The highest BCUT2D eigenvalue weighted by atomic mass is 127. The summed E-state index contributed by atoms with van der Waals surface area (Å²) in [5.41, 5.74) is -1.31. The normalized spacial score (nSPS) is 24.5. The Kier molecular flexibility index (Phi) is 6.36. The minimum Gasteiger partial charge on any atom is -0.453 e. The Morgan fingerprint density at radius 2 is 2.29 bits per heavy atom. The number of pyridine rings is 1. The molecule has 3 rings (SSSR count). The van der Waals surface area contributed by atoms with Crippen molar-refractivity contribution in [3.8, 4) is 0 Å². The molecule has 1 fully saturated rings. The second-order valence-corrected chi connectivity index (χ2v) is 6.57. The third-order valence-electron chi connectivity index (χ3n) is 4.10. The maximum absolute atomic E-state index is 15.0. The van der Waals surface area contributed by atoms with Gasteiger partial charge < -0.3 is 14.6 Å². The molecule has 0 bridgehead atoms. The molecule has 0 saturated carbocycles. The zero-order valence-corrected chi connectivity index (χ0v) is 16.4. The first-order chi connectivity index (χ1) is 13.5. The Balaban J connectivity index is 1.89. The van der Waals surface area contributed by atoms with Crippen LogP contribution in [-0.2, 0) is 9.47 Å². The van der Waals surface area contributed by atoms with Crippen molar-refractivity contribution in [2.45, 2.75) is 24.6 Å². The van der Waals surface area contributed by atoms with Gasteiger partial charge in [0.05, 0.1) is 17.7 Å². The molecular weight excluding hydrogens is 488 g/mol.